The number of hydrogen-bond acceptors (Lipinski definition) is 5. The Morgan fingerprint density at radius 3 is 2.23 bits per heavy atom. The number of nitrogens with one attached hydrogen (secondary N) is 1. The SMILES string of the molecule is COc1ccc(CCNC(=O)COc2ccc(C)cc2OC)cc1OC. The molecule has 6 nitrogen and oxygen atoms in total. The summed E-state index contributed by atoms with van der Waals surface area (Å²) < 4.78 is 21.3. The van der Waals surface area contributed by atoms with Gasteiger partial charge in [-0.1, -0.05) is 12.1 Å². The highest BCUT2D eigenvalue weighted by atomic mass is 16.5. The molecule has 0 radical (unpaired) electrons. The number of carbonyl (C=O) groups excluding carboxylic acids is 1. The second kappa shape index (κ2) is 9.56. The van der Waals surface area contributed by atoms with Gasteiger partial charge in [0.15, 0.2) is 29.6 Å². The highest BCUT2D eigenvalue weighted by molar-refractivity contribution is 5.77. The fourth-order valence-electron chi connectivity index (χ4n) is 2.47. The predicted octanol–water partition coefficient (Wildman–Crippen LogP) is 2.76. The maximum absolute atomic E-state index is 12.0. The molecule has 6 heteroatoms. The molecule has 0 aliphatic heterocycles. The Balaban J connectivity index is 1.81. The minimum absolute atomic E-state index is 0.0641. The molecule has 0 aliphatic carbocycles. The van der Waals surface area contributed by atoms with Gasteiger partial charge in [0.25, 0.3) is 5.91 Å². The summed E-state index contributed by atoms with van der Waals surface area (Å²) in [5.74, 6) is 2.33. The van der Waals surface area contributed by atoms with Crippen molar-refractivity contribution in [3.63, 3.8) is 0 Å². The summed E-state index contributed by atoms with van der Waals surface area (Å²) in [5.41, 5.74) is 2.11. The van der Waals surface area contributed by atoms with Crippen molar-refractivity contribution in [3.8, 4) is 23.0 Å². The Morgan fingerprint density at radius 1 is 0.885 bits per heavy atom. The fourth-order valence-corrected chi connectivity index (χ4v) is 2.47. The Kier molecular flexibility index (Phi) is 7.14. The molecule has 2 rings (SSSR count). The third kappa shape index (κ3) is 5.31. The van der Waals surface area contributed by atoms with Crippen LogP contribution in [0.4, 0.5) is 0 Å². The van der Waals surface area contributed by atoms with Crippen molar-refractivity contribution in [2.24, 2.45) is 0 Å². The smallest absolute Gasteiger partial charge is 0.257 e. The first-order valence-corrected chi connectivity index (χ1v) is 8.32. The topological polar surface area (TPSA) is 66.0 Å². The summed E-state index contributed by atoms with van der Waals surface area (Å²) in [6.07, 6.45) is 0.681. The van der Waals surface area contributed by atoms with E-state index in [2.05, 4.69) is 5.32 Å². The van der Waals surface area contributed by atoms with Crippen molar-refractivity contribution in [2.45, 2.75) is 13.3 Å². The second-order valence-electron chi connectivity index (χ2n) is 5.73. The first-order valence-electron chi connectivity index (χ1n) is 8.32. The highest BCUT2D eigenvalue weighted by Gasteiger charge is 2.08. The summed E-state index contributed by atoms with van der Waals surface area (Å²) in [6, 6.07) is 11.3. The van der Waals surface area contributed by atoms with Gasteiger partial charge in [-0.05, 0) is 48.7 Å². The summed E-state index contributed by atoms with van der Waals surface area (Å²) in [6.45, 7) is 2.40. The number of methoxy groups -OCH3 is 3. The Labute approximate surface area is 154 Å². The van der Waals surface area contributed by atoms with Crippen LogP contribution in [0.2, 0.25) is 0 Å². The van der Waals surface area contributed by atoms with E-state index < -0.39 is 0 Å². The molecule has 0 aliphatic rings. The molecule has 140 valence electrons. The van der Waals surface area contributed by atoms with Crippen LogP contribution in [0, 0.1) is 6.92 Å². The maximum atomic E-state index is 12.0. The molecule has 2 aromatic rings. The minimum Gasteiger partial charge on any atom is -0.493 e. The maximum Gasteiger partial charge on any atom is 0.257 e. The molecule has 0 atom stereocenters. The number of benzene rings is 2. The number of ether oxygens (including phenoxy) is 4. The summed E-state index contributed by atoms with van der Waals surface area (Å²) in [5, 5.41) is 2.84. The first-order chi connectivity index (χ1) is 12.6. The second-order valence-corrected chi connectivity index (χ2v) is 5.73. The molecule has 0 heterocycles. The van der Waals surface area contributed by atoms with E-state index in [0.717, 1.165) is 11.1 Å². The van der Waals surface area contributed by atoms with E-state index in [1.54, 1.807) is 27.4 Å². The summed E-state index contributed by atoms with van der Waals surface area (Å²) >= 11 is 0. The normalized spacial score (nSPS) is 10.2. The largest absolute Gasteiger partial charge is 0.493 e. The summed E-state index contributed by atoms with van der Waals surface area (Å²) in [4.78, 5) is 12.0. The third-order valence-corrected chi connectivity index (χ3v) is 3.86. The van der Waals surface area contributed by atoms with Gasteiger partial charge >= 0.3 is 0 Å². The molecule has 0 fully saturated rings. The van der Waals surface area contributed by atoms with E-state index >= 15 is 0 Å². The lowest BCUT2D eigenvalue weighted by Crippen LogP contribution is -2.30. The molecule has 0 bridgehead atoms. The zero-order valence-electron chi connectivity index (χ0n) is 15.6. The van der Waals surface area contributed by atoms with Crippen LogP contribution < -0.4 is 24.3 Å². The molecule has 2 aromatic carbocycles. The van der Waals surface area contributed by atoms with Gasteiger partial charge in [-0.25, -0.2) is 0 Å². The Hall–Kier alpha value is -2.89. The van der Waals surface area contributed by atoms with E-state index in [9.17, 15) is 4.79 Å². The number of aryl methyl sites for hydroxylation is 1. The van der Waals surface area contributed by atoms with Gasteiger partial charge in [0.1, 0.15) is 0 Å². The number of carbonyl (C=O) groups is 1. The highest BCUT2D eigenvalue weighted by Crippen LogP contribution is 2.28. The average molecular weight is 359 g/mol. The fraction of sp³-hybridized carbons (Fsp3) is 0.350. The average Bonchev–Trinajstić information content (AvgIpc) is 2.66. The van der Waals surface area contributed by atoms with Gasteiger partial charge in [-0.3, -0.25) is 4.79 Å². The molecule has 0 saturated heterocycles. The molecule has 0 unspecified atom stereocenters. The van der Waals surface area contributed by atoms with E-state index in [1.807, 2.05) is 37.3 Å². The van der Waals surface area contributed by atoms with Crippen LogP contribution in [0.1, 0.15) is 11.1 Å². The van der Waals surface area contributed by atoms with Gasteiger partial charge in [-0.2, -0.15) is 0 Å². The quantitative estimate of drug-likeness (QED) is 0.746. The van der Waals surface area contributed by atoms with Gasteiger partial charge < -0.3 is 24.3 Å². The van der Waals surface area contributed by atoms with Crippen LogP contribution in [0.5, 0.6) is 23.0 Å². The monoisotopic (exact) mass is 359 g/mol. The Bertz CT molecular complexity index is 745. The van der Waals surface area contributed by atoms with Crippen LogP contribution in [0.3, 0.4) is 0 Å². The molecule has 1 amide bonds. The zero-order valence-corrected chi connectivity index (χ0v) is 15.6. The standard InChI is InChI=1S/C20H25NO5/c1-14-5-7-17(18(11-14)24-3)26-13-20(22)21-10-9-15-6-8-16(23-2)19(12-15)25-4/h5-8,11-12H,9-10,13H2,1-4H3,(H,21,22). The van der Waals surface area contributed by atoms with Gasteiger partial charge in [0.05, 0.1) is 21.3 Å². The molecule has 26 heavy (non-hydrogen) atoms. The molecule has 0 saturated carbocycles. The number of hydrogen-bond donors (Lipinski definition) is 1. The lowest BCUT2D eigenvalue weighted by Gasteiger charge is -2.12. The lowest BCUT2D eigenvalue weighted by atomic mass is 10.1. The van der Waals surface area contributed by atoms with E-state index in [-0.39, 0.29) is 12.5 Å². The summed E-state index contributed by atoms with van der Waals surface area (Å²) in [7, 11) is 4.77. The lowest BCUT2D eigenvalue weighted by molar-refractivity contribution is -0.123. The minimum atomic E-state index is -0.187. The van der Waals surface area contributed by atoms with Crippen LogP contribution in [0.15, 0.2) is 36.4 Å². The molecule has 0 aromatic heterocycles. The van der Waals surface area contributed by atoms with Crippen molar-refractivity contribution in [3.05, 3.63) is 47.5 Å². The van der Waals surface area contributed by atoms with E-state index in [4.69, 9.17) is 18.9 Å². The number of rotatable bonds is 9. The molecule has 1 N–H and O–H groups in total. The van der Waals surface area contributed by atoms with E-state index in [1.165, 1.54) is 0 Å². The van der Waals surface area contributed by atoms with Gasteiger partial charge in [-0.15, -0.1) is 0 Å². The van der Waals surface area contributed by atoms with Crippen molar-refractivity contribution in [1.82, 2.24) is 5.32 Å². The first kappa shape index (κ1) is 19.4. The van der Waals surface area contributed by atoms with Crippen molar-refractivity contribution in [1.29, 1.82) is 0 Å². The van der Waals surface area contributed by atoms with Crippen molar-refractivity contribution >= 4 is 5.91 Å². The molecular weight excluding hydrogens is 334 g/mol. The van der Waals surface area contributed by atoms with Gasteiger partial charge in [0.2, 0.25) is 0 Å². The van der Waals surface area contributed by atoms with Crippen LogP contribution in [0.25, 0.3) is 0 Å². The third-order valence-electron chi connectivity index (χ3n) is 3.86. The van der Waals surface area contributed by atoms with Crippen LogP contribution in [-0.4, -0.2) is 40.4 Å². The van der Waals surface area contributed by atoms with E-state index in [0.29, 0.717) is 36.0 Å². The molecular formula is C20H25NO5. The zero-order chi connectivity index (χ0) is 18.9. The van der Waals surface area contributed by atoms with Gasteiger partial charge in [0, 0.05) is 6.54 Å². The number of amides is 1. The van der Waals surface area contributed by atoms with Crippen molar-refractivity contribution in [2.75, 3.05) is 34.5 Å². The van der Waals surface area contributed by atoms with Crippen molar-refractivity contribution < 1.29 is 23.7 Å². The predicted molar refractivity (Wildman–Crippen MR) is 99.5 cm³/mol. The van der Waals surface area contributed by atoms with Crippen LogP contribution in [-0.2, 0) is 11.2 Å². The Morgan fingerprint density at radius 2 is 1.54 bits per heavy atom. The molecule has 0 spiro atoms. The van der Waals surface area contributed by atoms with Crippen LogP contribution >= 0.6 is 0 Å².